The molecule has 6 heteroatoms. The Hall–Kier alpha value is -2.73. The zero-order chi connectivity index (χ0) is 19.4. The van der Waals surface area contributed by atoms with E-state index in [9.17, 15) is 14.0 Å². The molecule has 0 bridgehead atoms. The minimum atomic E-state index is -0.721. The van der Waals surface area contributed by atoms with Gasteiger partial charge in [-0.15, -0.1) is 0 Å². The Balaban J connectivity index is 1.76. The molecule has 1 N–H and O–H groups in total. The molecule has 1 aliphatic rings. The summed E-state index contributed by atoms with van der Waals surface area (Å²) in [6, 6.07) is 12.8. The van der Waals surface area contributed by atoms with E-state index in [2.05, 4.69) is 5.32 Å². The molecular formula is C21H23FN2O3. The number of hydrogen-bond acceptors (Lipinski definition) is 4. The van der Waals surface area contributed by atoms with E-state index >= 15 is 0 Å². The van der Waals surface area contributed by atoms with Gasteiger partial charge in [-0.25, -0.2) is 4.39 Å². The lowest BCUT2D eigenvalue weighted by Gasteiger charge is -2.38. The lowest BCUT2D eigenvalue weighted by atomic mass is 10.0. The van der Waals surface area contributed by atoms with Crippen LogP contribution < -0.4 is 10.1 Å². The Kier molecular flexibility index (Phi) is 5.86. The summed E-state index contributed by atoms with van der Waals surface area (Å²) in [5, 5.41) is 3.25. The lowest BCUT2D eigenvalue weighted by Crippen LogP contribution is -2.52. The fourth-order valence-corrected chi connectivity index (χ4v) is 3.26. The number of ether oxygens (including phenoxy) is 1. The molecule has 5 nitrogen and oxygen atoms in total. The van der Waals surface area contributed by atoms with Crippen LogP contribution in [0.3, 0.4) is 0 Å². The maximum atomic E-state index is 13.6. The van der Waals surface area contributed by atoms with Gasteiger partial charge in [-0.1, -0.05) is 24.3 Å². The van der Waals surface area contributed by atoms with Crippen molar-refractivity contribution in [1.82, 2.24) is 10.2 Å². The van der Waals surface area contributed by atoms with Gasteiger partial charge in [-0.3, -0.25) is 9.59 Å². The molecule has 1 aliphatic heterocycles. The maximum Gasteiger partial charge on any atom is 0.263 e. The van der Waals surface area contributed by atoms with Crippen LogP contribution in [0.1, 0.15) is 35.8 Å². The molecule has 1 fully saturated rings. The van der Waals surface area contributed by atoms with Crippen molar-refractivity contribution in [3.8, 4) is 5.75 Å². The smallest absolute Gasteiger partial charge is 0.263 e. The van der Waals surface area contributed by atoms with Crippen molar-refractivity contribution < 1.29 is 18.7 Å². The highest BCUT2D eigenvalue weighted by Crippen LogP contribution is 2.25. The molecule has 2 unspecified atom stereocenters. The predicted octanol–water partition coefficient (Wildman–Crippen LogP) is 2.97. The zero-order valence-corrected chi connectivity index (χ0v) is 15.4. The van der Waals surface area contributed by atoms with E-state index in [0.29, 0.717) is 30.9 Å². The van der Waals surface area contributed by atoms with Crippen LogP contribution in [0.2, 0.25) is 0 Å². The van der Waals surface area contributed by atoms with Crippen LogP contribution in [0.15, 0.2) is 48.5 Å². The van der Waals surface area contributed by atoms with Crippen molar-refractivity contribution in [3.63, 3.8) is 0 Å². The van der Waals surface area contributed by atoms with Crippen molar-refractivity contribution >= 4 is 11.7 Å². The minimum absolute atomic E-state index is 0.0623. The summed E-state index contributed by atoms with van der Waals surface area (Å²) < 4.78 is 19.4. The monoisotopic (exact) mass is 370 g/mol. The van der Waals surface area contributed by atoms with Gasteiger partial charge < -0.3 is 15.0 Å². The Labute approximate surface area is 158 Å². The molecule has 3 rings (SSSR count). The summed E-state index contributed by atoms with van der Waals surface area (Å²) in [5.74, 6) is -0.0801. The molecule has 0 radical (unpaired) electrons. The van der Waals surface area contributed by atoms with E-state index in [1.54, 1.807) is 42.2 Å². The van der Waals surface area contributed by atoms with Gasteiger partial charge in [0.25, 0.3) is 5.91 Å². The molecule has 27 heavy (non-hydrogen) atoms. The average Bonchev–Trinajstić information content (AvgIpc) is 2.67. The van der Waals surface area contributed by atoms with E-state index in [1.807, 2.05) is 6.07 Å². The third-order valence-corrected chi connectivity index (χ3v) is 4.66. The topological polar surface area (TPSA) is 58.6 Å². The summed E-state index contributed by atoms with van der Waals surface area (Å²) in [5.41, 5.74) is 1.29. The van der Waals surface area contributed by atoms with Crippen molar-refractivity contribution in [2.45, 2.75) is 26.0 Å². The number of Topliss-reactive ketones (excluding diaryl/α,β-unsaturated/α-hetero) is 1. The summed E-state index contributed by atoms with van der Waals surface area (Å²) in [4.78, 5) is 26.3. The Bertz CT molecular complexity index is 840. The molecule has 0 aromatic heterocycles. The van der Waals surface area contributed by atoms with Crippen molar-refractivity contribution in [2.24, 2.45) is 0 Å². The van der Waals surface area contributed by atoms with Gasteiger partial charge in [0.2, 0.25) is 0 Å². The number of rotatable bonds is 5. The Morgan fingerprint density at radius 2 is 2.00 bits per heavy atom. The second-order valence-electron chi connectivity index (χ2n) is 6.65. The van der Waals surface area contributed by atoms with Crippen LogP contribution in [0.4, 0.5) is 4.39 Å². The van der Waals surface area contributed by atoms with E-state index in [1.165, 1.54) is 19.1 Å². The number of hydrogen-bond donors (Lipinski definition) is 1. The summed E-state index contributed by atoms with van der Waals surface area (Å²) in [7, 11) is 0. The molecule has 0 spiro atoms. The molecule has 0 saturated carbocycles. The van der Waals surface area contributed by atoms with Gasteiger partial charge in [0, 0.05) is 25.2 Å². The Morgan fingerprint density at radius 3 is 2.74 bits per heavy atom. The van der Waals surface area contributed by atoms with Gasteiger partial charge in [0.15, 0.2) is 11.9 Å². The third-order valence-electron chi connectivity index (χ3n) is 4.66. The van der Waals surface area contributed by atoms with Crippen molar-refractivity contribution in [2.75, 3.05) is 19.6 Å². The first-order chi connectivity index (χ1) is 13.0. The molecular weight excluding hydrogens is 347 g/mol. The number of carbonyl (C=O) groups excluding carboxylic acids is 2. The number of carbonyl (C=O) groups is 2. The molecule has 2 aromatic rings. The summed E-state index contributed by atoms with van der Waals surface area (Å²) >= 11 is 0. The number of halogens is 1. The number of nitrogens with one attached hydrogen (secondary N) is 1. The number of piperazine rings is 1. The highest BCUT2D eigenvalue weighted by atomic mass is 19.1. The molecule has 1 heterocycles. The third kappa shape index (κ3) is 4.52. The first kappa shape index (κ1) is 19.0. The van der Waals surface area contributed by atoms with Crippen LogP contribution in [0, 0.1) is 5.82 Å². The quantitative estimate of drug-likeness (QED) is 0.822. The second kappa shape index (κ2) is 8.31. The molecule has 2 atom stereocenters. The fourth-order valence-electron chi connectivity index (χ4n) is 3.26. The number of nitrogens with zero attached hydrogens (tertiary/aromatic N) is 1. The number of ketones is 1. The second-order valence-corrected chi connectivity index (χ2v) is 6.65. The van der Waals surface area contributed by atoms with Gasteiger partial charge in [0.1, 0.15) is 11.6 Å². The highest BCUT2D eigenvalue weighted by Gasteiger charge is 2.31. The first-order valence-corrected chi connectivity index (χ1v) is 9.00. The fraction of sp³-hybridized carbons (Fsp3) is 0.333. The van der Waals surface area contributed by atoms with E-state index in [-0.39, 0.29) is 23.5 Å². The maximum absolute atomic E-state index is 13.6. The van der Waals surface area contributed by atoms with E-state index in [0.717, 1.165) is 5.56 Å². The summed E-state index contributed by atoms with van der Waals surface area (Å²) in [6.45, 7) is 4.92. The molecule has 1 amide bonds. The normalized spacial score (nSPS) is 18.0. The molecule has 2 aromatic carbocycles. The van der Waals surface area contributed by atoms with Gasteiger partial charge in [0.05, 0.1) is 6.04 Å². The minimum Gasteiger partial charge on any atom is -0.481 e. The van der Waals surface area contributed by atoms with Crippen molar-refractivity contribution in [3.05, 3.63) is 65.5 Å². The predicted molar refractivity (Wildman–Crippen MR) is 100 cm³/mol. The highest BCUT2D eigenvalue weighted by molar-refractivity contribution is 5.94. The standard InChI is InChI=1S/C21H23FN2O3/c1-14(25)16-5-4-8-19(12-16)27-15(2)21(26)24-10-9-23-13-20(24)17-6-3-7-18(22)11-17/h3-8,11-12,15,20,23H,9-10,13H2,1-2H3. The van der Waals surface area contributed by atoms with Gasteiger partial charge in [-0.2, -0.15) is 0 Å². The average molecular weight is 370 g/mol. The van der Waals surface area contributed by atoms with Gasteiger partial charge in [-0.05, 0) is 43.7 Å². The van der Waals surface area contributed by atoms with E-state index < -0.39 is 6.10 Å². The van der Waals surface area contributed by atoms with Crippen molar-refractivity contribution in [1.29, 1.82) is 0 Å². The lowest BCUT2D eigenvalue weighted by molar-refractivity contribution is -0.141. The van der Waals surface area contributed by atoms with Crippen LogP contribution in [-0.2, 0) is 4.79 Å². The van der Waals surface area contributed by atoms with Crippen LogP contribution in [0.25, 0.3) is 0 Å². The zero-order valence-electron chi connectivity index (χ0n) is 15.4. The molecule has 142 valence electrons. The van der Waals surface area contributed by atoms with Gasteiger partial charge >= 0.3 is 0 Å². The van der Waals surface area contributed by atoms with E-state index in [4.69, 9.17) is 4.74 Å². The van der Waals surface area contributed by atoms with Crippen LogP contribution in [-0.4, -0.2) is 42.3 Å². The first-order valence-electron chi connectivity index (χ1n) is 9.00. The summed E-state index contributed by atoms with van der Waals surface area (Å²) in [6.07, 6.45) is -0.721. The largest absolute Gasteiger partial charge is 0.481 e. The van der Waals surface area contributed by atoms with Crippen LogP contribution >= 0.6 is 0 Å². The van der Waals surface area contributed by atoms with Crippen LogP contribution in [0.5, 0.6) is 5.75 Å². The SMILES string of the molecule is CC(=O)c1cccc(OC(C)C(=O)N2CCNCC2c2cccc(F)c2)c1. The molecule has 1 saturated heterocycles. The number of benzene rings is 2. The Morgan fingerprint density at radius 1 is 1.22 bits per heavy atom. The number of amides is 1. The molecule has 0 aliphatic carbocycles.